The number of amides is 1. The highest BCUT2D eigenvalue weighted by Gasteiger charge is 2.02. The topological polar surface area (TPSA) is 29.1 Å². The molecule has 0 fully saturated rings. The average molecular weight is 336 g/mol. The first-order chi connectivity index (χ1) is 9.06. The lowest BCUT2D eigenvalue weighted by molar-refractivity contribution is -0.111. The van der Waals surface area contributed by atoms with Gasteiger partial charge >= 0.3 is 0 Å². The molecule has 0 unspecified atom stereocenters. The molecule has 2 rings (SSSR count). The number of rotatable bonds is 3. The molecule has 1 N–H and O–H groups in total. The van der Waals surface area contributed by atoms with Gasteiger partial charge < -0.3 is 5.32 Å². The number of nitrogens with one attached hydrogen (secondary N) is 1. The maximum Gasteiger partial charge on any atom is 0.248 e. The number of hydrogen-bond donors (Lipinski definition) is 1. The monoisotopic (exact) mass is 335 g/mol. The molecular formula is C15H14BrNOS. The lowest BCUT2D eigenvalue weighted by Crippen LogP contribution is -2.08. The summed E-state index contributed by atoms with van der Waals surface area (Å²) in [7, 11) is 0. The fourth-order valence-corrected chi connectivity index (χ4v) is 2.94. The van der Waals surface area contributed by atoms with Gasteiger partial charge in [-0.1, -0.05) is 15.9 Å². The molecule has 1 aromatic carbocycles. The Morgan fingerprint density at radius 2 is 2.05 bits per heavy atom. The number of thiophene rings is 1. The van der Waals surface area contributed by atoms with E-state index in [2.05, 4.69) is 21.2 Å². The largest absolute Gasteiger partial charge is 0.322 e. The van der Waals surface area contributed by atoms with Gasteiger partial charge in [-0.2, -0.15) is 0 Å². The van der Waals surface area contributed by atoms with E-state index in [9.17, 15) is 4.79 Å². The van der Waals surface area contributed by atoms with Crippen LogP contribution in [0.15, 0.2) is 40.2 Å². The molecule has 0 radical (unpaired) electrons. The van der Waals surface area contributed by atoms with Gasteiger partial charge in [-0.25, -0.2) is 0 Å². The molecule has 0 saturated carbocycles. The molecule has 2 aromatic rings. The number of carbonyl (C=O) groups excluding carboxylic acids is 1. The normalized spacial score (nSPS) is 10.9. The molecule has 98 valence electrons. The van der Waals surface area contributed by atoms with Crippen LogP contribution < -0.4 is 5.32 Å². The lowest BCUT2D eigenvalue weighted by Gasteiger charge is -2.06. The van der Waals surface area contributed by atoms with E-state index in [1.54, 1.807) is 17.4 Å². The lowest BCUT2D eigenvalue weighted by atomic mass is 10.2. The van der Waals surface area contributed by atoms with E-state index in [0.717, 1.165) is 20.6 Å². The molecule has 0 aliphatic rings. The third-order valence-electron chi connectivity index (χ3n) is 2.73. The van der Waals surface area contributed by atoms with E-state index in [4.69, 9.17) is 0 Å². The van der Waals surface area contributed by atoms with Crippen LogP contribution in [0.25, 0.3) is 6.08 Å². The zero-order valence-electron chi connectivity index (χ0n) is 10.7. The Hall–Kier alpha value is -1.39. The predicted octanol–water partition coefficient (Wildman–Crippen LogP) is 4.78. The van der Waals surface area contributed by atoms with Crippen molar-refractivity contribution in [3.63, 3.8) is 0 Å². The van der Waals surface area contributed by atoms with E-state index >= 15 is 0 Å². The Kier molecular flexibility index (Phi) is 4.56. The van der Waals surface area contributed by atoms with Gasteiger partial charge in [-0.3, -0.25) is 4.79 Å². The van der Waals surface area contributed by atoms with Crippen LogP contribution in [0.4, 0.5) is 5.69 Å². The van der Waals surface area contributed by atoms with Gasteiger partial charge in [0.25, 0.3) is 0 Å². The summed E-state index contributed by atoms with van der Waals surface area (Å²) in [5.74, 6) is -0.113. The van der Waals surface area contributed by atoms with Crippen LogP contribution in [0.3, 0.4) is 0 Å². The van der Waals surface area contributed by atoms with Gasteiger partial charge in [0.1, 0.15) is 0 Å². The van der Waals surface area contributed by atoms with Crippen molar-refractivity contribution in [2.24, 2.45) is 0 Å². The van der Waals surface area contributed by atoms with Crippen LogP contribution >= 0.6 is 27.3 Å². The Morgan fingerprint density at radius 3 is 2.68 bits per heavy atom. The maximum atomic E-state index is 11.9. The van der Waals surface area contributed by atoms with E-state index in [1.165, 1.54) is 5.56 Å². The summed E-state index contributed by atoms with van der Waals surface area (Å²) in [5.41, 5.74) is 3.05. The first kappa shape index (κ1) is 14.0. The Morgan fingerprint density at radius 1 is 1.26 bits per heavy atom. The molecule has 0 atom stereocenters. The minimum Gasteiger partial charge on any atom is -0.322 e. The Bertz CT molecular complexity index is 631. The van der Waals surface area contributed by atoms with Crippen molar-refractivity contribution in [2.75, 3.05) is 5.32 Å². The molecule has 1 amide bonds. The summed E-state index contributed by atoms with van der Waals surface area (Å²) in [6.07, 6.45) is 3.42. The quantitative estimate of drug-likeness (QED) is 0.803. The van der Waals surface area contributed by atoms with Crippen molar-refractivity contribution < 1.29 is 4.79 Å². The summed E-state index contributed by atoms with van der Waals surface area (Å²) in [6, 6.07) is 7.82. The molecule has 1 aromatic heterocycles. The second kappa shape index (κ2) is 6.17. The van der Waals surface area contributed by atoms with Crippen LogP contribution in [-0.2, 0) is 4.79 Å². The van der Waals surface area contributed by atoms with Gasteiger partial charge in [-0.05, 0) is 60.7 Å². The van der Waals surface area contributed by atoms with Crippen LogP contribution in [0.5, 0.6) is 0 Å². The third kappa shape index (κ3) is 3.78. The number of benzene rings is 1. The highest BCUT2D eigenvalue weighted by Crippen LogP contribution is 2.20. The van der Waals surface area contributed by atoms with E-state index in [0.29, 0.717) is 0 Å². The van der Waals surface area contributed by atoms with Crippen molar-refractivity contribution in [2.45, 2.75) is 13.8 Å². The highest BCUT2D eigenvalue weighted by atomic mass is 79.9. The summed E-state index contributed by atoms with van der Waals surface area (Å²) in [6.45, 7) is 4.00. The second-order valence-corrected chi connectivity index (χ2v) is 6.11. The zero-order valence-corrected chi connectivity index (χ0v) is 13.1. The third-order valence-corrected chi connectivity index (χ3v) is 4.21. The van der Waals surface area contributed by atoms with Gasteiger partial charge in [-0.15, -0.1) is 11.3 Å². The molecule has 4 heteroatoms. The minimum atomic E-state index is -0.113. The van der Waals surface area contributed by atoms with Crippen molar-refractivity contribution in [3.05, 3.63) is 56.2 Å². The van der Waals surface area contributed by atoms with Gasteiger partial charge in [0, 0.05) is 21.1 Å². The number of halogens is 1. The summed E-state index contributed by atoms with van der Waals surface area (Å²) >= 11 is 5.03. The summed E-state index contributed by atoms with van der Waals surface area (Å²) < 4.78 is 1.01. The van der Waals surface area contributed by atoms with Gasteiger partial charge in [0.15, 0.2) is 0 Å². The van der Waals surface area contributed by atoms with Gasteiger partial charge in [0.05, 0.1) is 0 Å². The van der Waals surface area contributed by atoms with E-state index < -0.39 is 0 Å². The number of hydrogen-bond acceptors (Lipinski definition) is 2. The van der Waals surface area contributed by atoms with E-state index in [-0.39, 0.29) is 5.91 Å². The standard InChI is InChI=1S/C15H14BrNOS/c1-10-7-8-19-14(10)5-6-15(18)17-13-4-3-12(16)9-11(13)2/h3-9H,1-2H3,(H,17,18)/b6-5+. The second-order valence-electron chi connectivity index (χ2n) is 4.25. The minimum absolute atomic E-state index is 0.113. The molecule has 19 heavy (non-hydrogen) atoms. The molecule has 2 nitrogen and oxygen atoms in total. The first-order valence-corrected chi connectivity index (χ1v) is 7.53. The summed E-state index contributed by atoms with van der Waals surface area (Å²) in [5, 5.41) is 4.90. The molecule has 0 aliphatic carbocycles. The van der Waals surface area contributed by atoms with Gasteiger partial charge in [0.2, 0.25) is 5.91 Å². The van der Waals surface area contributed by atoms with Crippen LogP contribution in [-0.4, -0.2) is 5.91 Å². The van der Waals surface area contributed by atoms with Crippen LogP contribution in [0.2, 0.25) is 0 Å². The van der Waals surface area contributed by atoms with Crippen LogP contribution in [0.1, 0.15) is 16.0 Å². The Balaban J connectivity index is 2.05. The number of carbonyl (C=O) groups is 1. The fourth-order valence-electron chi connectivity index (χ4n) is 1.65. The molecule has 1 heterocycles. The average Bonchev–Trinajstić information content (AvgIpc) is 2.76. The first-order valence-electron chi connectivity index (χ1n) is 5.85. The van der Waals surface area contributed by atoms with Crippen molar-refractivity contribution in [3.8, 4) is 0 Å². The number of aryl methyl sites for hydroxylation is 2. The van der Waals surface area contributed by atoms with Crippen molar-refractivity contribution >= 4 is 44.9 Å². The maximum absolute atomic E-state index is 11.9. The SMILES string of the molecule is Cc1cc(Br)ccc1NC(=O)/C=C/c1sccc1C. The Labute approximate surface area is 125 Å². The molecule has 0 spiro atoms. The predicted molar refractivity (Wildman–Crippen MR) is 85.6 cm³/mol. The molecule has 0 bridgehead atoms. The smallest absolute Gasteiger partial charge is 0.248 e. The van der Waals surface area contributed by atoms with Crippen molar-refractivity contribution in [1.82, 2.24) is 0 Å². The number of anilines is 1. The highest BCUT2D eigenvalue weighted by molar-refractivity contribution is 9.10. The summed E-state index contributed by atoms with van der Waals surface area (Å²) in [4.78, 5) is 13.0. The molecular weight excluding hydrogens is 322 g/mol. The molecule has 0 saturated heterocycles. The molecule has 0 aliphatic heterocycles. The van der Waals surface area contributed by atoms with Crippen molar-refractivity contribution in [1.29, 1.82) is 0 Å². The fraction of sp³-hybridized carbons (Fsp3) is 0.133. The van der Waals surface area contributed by atoms with Crippen LogP contribution in [0, 0.1) is 13.8 Å². The zero-order chi connectivity index (χ0) is 13.8. The van der Waals surface area contributed by atoms with E-state index in [1.807, 2.05) is 49.6 Å².